The molecule has 0 saturated heterocycles. The van der Waals surface area contributed by atoms with Crippen LogP contribution in [0, 0.1) is 0 Å². The molecule has 3 rings (SSSR count). The summed E-state index contributed by atoms with van der Waals surface area (Å²) < 4.78 is 10.1. The summed E-state index contributed by atoms with van der Waals surface area (Å²) in [5.41, 5.74) is 3.40. The second-order valence-electron chi connectivity index (χ2n) is 5.92. The summed E-state index contributed by atoms with van der Waals surface area (Å²) in [4.78, 5) is 6.54. The SMILES string of the molecule is COc1cccc(-c2ccc(O)c(CN(C)[C@@H](C)c3ccon3)c2)n1. The van der Waals surface area contributed by atoms with Crippen molar-refractivity contribution in [3.05, 3.63) is 60.0 Å². The first-order valence-corrected chi connectivity index (χ1v) is 8.02. The number of rotatable bonds is 6. The summed E-state index contributed by atoms with van der Waals surface area (Å²) in [5.74, 6) is 0.815. The molecule has 0 aliphatic heterocycles. The van der Waals surface area contributed by atoms with Crippen molar-refractivity contribution < 1.29 is 14.4 Å². The Kier molecular flexibility index (Phi) is 5.00. The van der Waals surface area contributed by atoms with E-state index in [-0.39, 0.29) is 11.8 Å². The number of hydrogen-bond donors (Lipinski definition) is 1. The van der Waals surface area contributed by atoms with Crippen molar-refractivity contribution in [2.24, 2.45) is 0 Å². The first-order chi connectivity index (χ1) is 12.1. The first kappa shape index (κ1) is 17.0. The molecule has 1 N–H and O–H groups in total. The lowest BCUT2D eigenvalue weighted by atomic mass is 10.1. The average Bonchev–Trinajstić information content (AvgIpc) is 3.17. The van der Waals surface area contributed by atoms with Crippen LogP contribution in [0.5, 0.6) is 11.6 Å². The lowest BCUT2D eigenvalue weighted by molar-refractivity contribution is 0.238. The van der Waals surface area contributed by atoms with Crippen LogP contribution in [-0.2, 0) is 6.54 Å². The zero-order chi connectivity index (χ0) is 17.8. The van der Waals surface area contributed by atoms with E-state index in [0.29, 0.717) is 12.4 Å². The maximum atomic E-state index is 10.2. The number of aromatic hydroxyl groups is 1. The van der Waals surface area contributed by atoms with E-state index in [0.717, 1.165) is 22.5 Å². The second-order valence-corrected chi connectivity index (χ2v) is 5.92. The van der Waals surface area contributed by atoms with E-state index in [2.05, 4.69) is 15.0 Å². The molecule has 25 heavy (non-hydrogen) atoms. The lowest BCUT2D eigenvalue weighted by Crippen LogP contribution is -2.22. The molecule has 6 heteroatoms. The van der Waals surface area contributed by atoms with E-state index < -0.39 is 0 Å². The molecule has 0 saturated carbocycles. The van der Waals surface area contributed by atoms with Crippen LogP contribution in [0.3, 0.4) is 0 Å². The minimum absolute atomic E-state index is 0.0664. The second kappa shape index (κ2) is 7.36. The van der Waals surface area contributed by atoms with E-state index in [1.165, 1.54) is 0 Å². The van der Waals surface area contributed by atoms with Crippen LogP contribution in [0.25, 0.3) is 11.3 Å². The Bertz CT molecular complexity index is 834. The number of phenols is 1. The van der Waals surface area contributed by atoms with Gasteiger partial charge >= 0.3 is 0 Å². The van der Waals surface area contributed by atoms with Crippen molar-refractivity contribution in [1.82, 2.24) is 15.0 Å². The number of phenolic OH excluding ortho intramolecular Hbond substituents is 1. The Hall–Kier alpha value is -2.86. The van der Waals surface area contributed by atoms with Gasteiger partial charge in [0.2, 0.25) is 5.88 Å². The molecule has 130 valence electrons. The molecule has 0 unspecified atom stereocenters. The molecule has 0 aliphatic rings. The zero-order valence-corrected chi connectivity index (χ0v) is 14.5. The fourth-order valence-corrected chi connectivity index (χ4v) is 2.63. The number of methoxy groups -OCH3 is 1. The van der Waals surface area contributed by atoms with Gasteiger partial charge in [-0.25, -0.2) is 4.98 Å². The van der Waals surface area contributed by atoms with Gasteiger partial charge in [0.1, 0.15) is 17.7 Å². The molecule has 3 aromatic rings. The van der Waals surface area contributed by atoms with Crippen LogP contribution in [0.15, 0.2) is 53.3 Å². The maximum absolute atomic E-state index is 10.2. The predicted octanol–water partition coefficient (Wildman–Crippen LogP) is 3.64. The Labute approximate surface area is 146 Å². The highest BCUT2D eigenvalue weighted by atomic mass is 16.5. The van der Waals surface area contributed by atoms with Gasteiger partial charge in [-0.15, -0.1) is 0 Å². The topological polar surface area (TPSA) is 71.6 Å². The average molecular weight is 339 g/mol. The molecule has 1 aromatic carbocycles. The standard InChI is InChI=1S/C19H21N3O3/c1-13(16-9-10-25-21-16)22(2)12-15-11-14(7-8-18(15)23)17-5-4-6-19(20-17)24-3/h4-11,13,23H,12H2,1-3H3/t13-/m0/s1. The van der Waals surface area contributed by atoms with Crippen LogP contribution in [0.4, 0.5) is 0 Å². The smallest absolute Gasteiger partial charge is 0.213 e. The largest absolute Gasteiger partial charge is 0.508 e. The number of ether oxygens (including phenoxy) is 1. The number of benzene rings is 1. The molecule has 6 nitrogen and oxygen atoms in total. The highest BCUT2D eigenvalue weighted by Crippen LogP contribution is 2.28. The molecule has 0 spiro atoms. The summed E-state index contributed by atoms with van der Waals surface area (Å²) in [6, 6.07) is 13.0. The molecule has 0 bridgehead atoms. The van der Waals surface area contributed by atoms with Crippen LogP contribution in [0.1, 0.15) is 24.2 Å². The monoisotopic (exact) mass is 339 g/mol. The minimum atomic E-state index is 0.0664. The van der Waals surface area contributed by atoms with Crippen LogP contribution in [0.2, 0.25) is 0 Å². The van der Waals surface area contributed by atoms with Crippen molar-refractivity contribution in [2.75, 3.05) is 14.2 Å². The number of pyridine rings is 1. The molecule has 0 radical (unpaired) electrons. The molecule has 2 heterocycles. The third-order valence-electron chi connectivity index (χ3n) is 4.27. The van der Waals surface area contributed by atoms with E-state index in [1.807, 2.05) is 44.3 Å². The van der Waals surface area contributed by atoms with Gasteiger partial charge in [0, 0.05) is 29.8 Å². The van der Waals surface area contributed by atoms with Crippen LogP contribution >= 0.6 is 0 Å². The minimum Gasteiger partial charge on any atom is -0.508 e. The summed E-state index contributed by atoms with van der Waals surface area (Å²) in [5, 5.41) is 14.2. The molecule has 0 aliphatic carbocycles. The van der Waals surface area contributed by atoms with Crippen molar-refractivity contribution in [1.29, 1.82) is 0 Å². The van der Waals surface area contributed by atoms with Gasteiger partial charge in [-0.3, -0.25) is 4.90 Å². The first-order valence-electron chi connectivity index (χ1n) is 8.02. The van der Waals surface area contributed by atoms with E-state index >= 15 is 0 Å². The lowest BCUT2D eigenvalue weighted by Gasteiger charge is -2.23. The van der Waals surface area contributed by atoms with Crippen molar-refractivity contribution in [2.45, 2.75) is 19.5 Å². The third kappa shape index (κ3) is 3.80. The van der Waals surface area contributed by atoms with Gasteiger partial charge < -0.3 is 14.4 Å². The zero-order valence-electron chi connectivity index (χ0n) is 14.5. The van der Waals surface area contributed by atoms with Gasteiger partial charge in [0.25, 0.3) is 0 Å². The van der Waals surface area contributed by atoms with Crippen molar-refractivity contribution >= 4 is 0 Å². The Morgan fingerprint density at radius 1 is 1.24 bits per heavy atom. The Morgan fingerprint density at radius 2 is 2.08 bits per heavy atom. The summed E-state index contributed by atoms with van der Waals surface area (Å²) in [7, 11) is 3.57. The third-order valence-corrected chi connectivity index (χ3v) is 4.27. The normalized spacial score (nSPS) is 12.3. The van der Waals surface area contributed by atoms with Gasteiger partial charge in [-0.2, -0.15) is 0 Å². The Balaban J connectivity index is 1.84. The number of aromatic nitrogens is 2. The van der Waals surface area contributed by atoms with Crippen LogP contribution in [-0.4, -0.2) is 34.3 Å². The quantitative estimate of drug-likeness (QED) is 0.739. The fourth-order valence-electron chi connectivity index (χ4n) is 2.63. The van der Waals surface area contributed by atoms with E-state index in [9.17, 15) is 5.11 Å². The van der Waals surface area contributed by atoms with E-state index in [1.54, 1.807) is 25.5 Å². The van der Waals surface area contributed by atoms with E-state index in [4.69, 9.17) is 9.26 Å². The molecule has 0 fully saturated rings. The fraction of sp³-hybridized carbons (Fsp3) is 0.263. The van der Waals surface area contributed by atoms with Gasteiger partial charge in [-0.1, -0.05) is 11.2 Å². The highest BCUT2D eigenvalue weighted by Gasteiger charge is 2.16. The molecule has 2 aromatic heterocycles. The van der Waals surface area contributed by atoms with Crippen molar-refractivity contribution in [3.8, 4) is 22.9 Å². The molecule has 0 amide bonds. The van der Waals surface area contributed by atoms with Gasteiger partial charge in [-0.05, 0) is 38.2 Å². The summed E-state index contributed by atoms with van der Waals surface area (Å²) >= 11 is 0. The van der Waals surface area contributed by atoms with Crippen molar-refractivity contribution in [3.63, 3.8) is 0 Å². The maximum Gasteiger partial charge on any atom is 0.213 e. The Morgan fingerprint density at radius 3 is 2.80 bits per heavy atom. The molecular formula is C19H21N3O3. The number of nitrogens with zero attached hydrogens (tertiary/aromatic N) is 3. The number of hydrogen-bond acceptors (Lipinski definition) is 6. The van der Waals surface area contributed by atoms with Gasteiger partial charge in [0.05, 0.1) is 18.8 Å². The highest BCUT2D eigenvalue weighted by molar-refractivity contribution is 5.62. The summed E-state index contributed by atoms with van der Waals surface area (Å²) in [6.07, 6.45) is 1.56. The molecule has 1 atom stereocenters. The van der Waals surface area contributed by atoms with Gasteiger partial charge in [0.15, 0.2) is 0 Å². The van der Waals surface area contributed by atoms with Crippen LogP contribution < -0.4 is 4.74 Å². The summed E-state index contributed by atoms with van der Waals surface area (Å²) in [6.45, 7) is 2.61. The molecular weight excluding hydrogens is 318 g/mol. The predicted molar refractivity (Wildman–Crippen MR) is 94.3 cm³/mol.